The smallest absolute Gasteiger partial charge is 0.218 e. The number of nitrogens with zero attached hydrogens (tertiary/aromatic N) is 2. The molecular formula is C13H16FN5. The van der Waals surface area contributed by atoms with Crippen LogP contribution in [-0.4, -0.2) is 18.5 Å². The van der Waals surface area contributed by atoms with E-state index in [1.54, 1.807) is 6.07 Å². The van der Waals surface area contributed by atoms with Gasteiger partial charge in [0, 0.05) is 6.54 Å². The van der Waals surface area contributed by atoms with E-state index in [-0.39, 0.29) is 17.7 Å². The van der Waals surface area contributed by atoms with E-state index in [1.807, 2.05) is 12.1 Å². The number of benzene rings is 1. The zero-order valence-electron chi connectivity index (χ0n) is 10.4. The Morgan fingerprint density at radius 3 is 2.79 bits per heavy atom. The molecule has 0 aromatic heterocycles. The van der Waals surface area contributed by atoms with Crippen molar-refractivity contribution in [2.45, 2.75) is 12.8 Å². The molecule has 1 aliphatic rings. The van der Waals surface area contributed by atoms with Gasteiger partial charge in [0.1, 0.15) is 5.82 Å². The minimum absolute atomic E-state index is 0.0538. The summed E-state index contributed by atoms with van der Waals surface area (Å²) in [5.74, 6) is -0.223. The second kappa shape index (κ2) is 5.51. The molecule has 0 spiro atoms. The van der Waals surface area contributed by atoms with Crippen molar-refractivity contribution in [2.75, 3.05) is 6.54 Å². The average Bonchev–Trinajstić information content (AvgIpc) is 2.73. The predicted molar refractivity (Wildman–Crippen MR) is 75.0 cm³/mol. The Bertz CT molecular complexity index is 570. The van der Waals surface area contributed by atoms with Gasteiger partial charge in [0.15, 0.2) is 5.96 Å². The molecule has 19 heavy (non-hydrogen) atoms. The number of hydrogen-bond donors (Lipinski definition) is 3. The lowest BCUT2D eigenvalue weighted by atomic mass is 10.0. The summed E-state index contributed by atoms with van der Waals surface area (Å²) in [5.41, 5.74) is 18.6. The largest absolute Gasteiger partial charge is 0.370 e. The molecule has 1 aromatic carbocycles. The SMILES string of the molecule is NC(N)=NC(N)=NCCC1=CCc2c(F)cccc21. The standard InChI is InChI=1S/C13H16FN5/c14-11-3-1-2-9-8(4-5-10(9)11)6-7-18-13(17)19-12(15)16/h1-4H,5-7H2,(H6,15,16,17,18,19). The topological polar surface area (TPSA) is 103 Å². The molecule has 0 heterocycles. The molecule has 0 aliphatic heterocycles. The Hall–Kier alpha value is -2.37. The van der Waals surface area contributed by atoms with Gasteiger partial charge in [-0.3, -0.25) is 4.99 Å². The Morgan fingerprint density at radius 2 is 2.05 bits per heavy atom. The summed E-state index contributed by atoms with van der Waals surface area (Å²) >= 11 is 0. The van der Waals surface area contributed by atoms with Crippen LogP contribution in [0.2, 0.25) is 0 Å². The van der Waals surface area contributed by atoms with Gasteiger partial charge in [-0.15, -0.1) is 0 Å². The van der Waals surface area contributed by atoms with E-state index in [2.05, 4.69) is 9.98 Å². The predicted octanol–water partition coefficient (Wildman–Crippen LogP) is 0.743. The van der Waals surface area contributed by atoms with Gasteiger partial charge in [0.05, 0.1) is 0 Å². The monoisotopic (exact) mass is 261 g/mol. The summed E-state index contributed by atoms with van der Waals surface area (Å²) in [5, 5.41) is 0. The number of guanidine groups is 2. The molecule has 0 fully saturated rings. The number of hydrogen-bond acceptors (Lipinski definition) is 1. The van der Waals surface area contributed by atoms with E-state index in [4.69, 9.17) is 17.2 Å². The number of allylic oxidation sites excluding steroid dienone is 1. The van der Waals surface area contributed by atoms with E-state index >= 15 is 0 Å². The van der Waals surface area contributed by atoms with Crippen molar-refractivity contribution in [3.63, 3.8) is 0 Å². The van der Waals surface area contributed by atoms with Crippen molar-refractivity contribution in [2.24, 2.45) is 27.2 Å². The van der Waals surface area contributed by atoms with Gasteiger partial charge in [-0.25, -0.2) is 4.39 Å². The first-order valence-electron chi connectivity index (χ1n) is 5.94. The molecule has 5 nitrogen and oxygen atoms in total. The number of aliphatic imine (C=N–C) groups is 2. The van der Waals surface area contributed by atoms with Crippen molar-refractivity contribution in [1.29, 1.82) is 0 Å². The second-order valence-electron chi connectivity index (χ2n) is 4.23. The van der Waals surface area contributed by atoms with Gasteiger partial charge >= 0.3 is 0 Å². The molecule has 1 aromatic rings. The maximum atomic E-state index is 13.5. The van der Waals surface area contributed by atoms with Gasteiger partial charge in [-0.1, -0.05) is 18.2 Å². The second-order valence-corrected chi connectivity index (χ2v) is 4.23. The van der Waals surface area contributed by atoms with Gasteiger partial charge in [0.25, 0.3) is 0 Å². The molecule has 0 saturated carbocycles. The van der Waals surface area contributed by atoms with Gasteiger partial charge < -0.3 is 17.2 Å². The Labute approximate surface area is 110 Å². The van der Waals surface area contributed by atoms with Crippen LogP contribution >= 0.6 is 0 Å². The van der Waals surface area contributed by atoms with Crippen LogP contribution in [0.25, 0.3) is 5.57 Å². The highest BCUT2D eigenvalue weighted by Crippen LogP contribution is 2.31. The van der Waals surface area contributed by atoms with Gasteiger partial charge in [-0.2, -0.15) is 4.99 Å². The summed E-state index contributed by atoms with van der Waals surface area (Å²) in [6.45, 7) is 0.463. The van der Waals surface area contributed by atoms with Gasteiger partial charge in [-0.05, 0) is 35.6 Å². The van der Waals surface area contributed by atoms with Crippen LogP contribution in [0.5, 0.6) is 0 Å². The van der Waals surface area contributed by atoms with Crippen molar-refractivity contribution >= 4 is 17.5 Å². The molecule has 100 valence electrons. The third kappa shape index (κ3) is 3.09. The molecule has 0 bridgehead atoms. The summed E-state index contributed by atoms with van der Waals surface area (Å²) in [6, 6.07) is 5.11. The van der Waals surface area contributed by atoms with Crippen LogP contribution in [0.15, 0.2) is 34.3 Å². The maximum Gasteiger partial charge on any atom is 0.218 e. The molecule has 0 amide bonds. The molecule has 0 unspecified atom stereocenters. The molecule has 6 heteroatoms. The van der Waals surface area contributed by atoms with Crippen LogP contribution in [-0.2, 0) is 6.42 Å². The first kappa shape index (κ1) is 13.1. The molecule has 0 radical (unpaired) electrons. The van der Waals surface area contributed by atoms with Crippen LogP contribution in [0, 0.1) is 5.82 Å². The van der Waals surface area contributed by atoms with E-state index in [0.29, 0.717) is 19.4 Å². The molecule has 6 N–H and O–H groups in total. The Balaban J connectivity index is 2.01. The third-order valence-electron chi connectivity index (χ3n) is 2.92. The lowest BCUT2D eigenvalue weighted by molar-refractivity contribution is 0.615. The molecular weight excluding hydrogens is 245 g/mol. The minimum atomic E-state index is -0.160. The van der Waals surface area contributed by atoms with Crippen LogP contribution in [0.3, 0.4) is 0 Å². The maximum absolute atomic E-state index is 13.5. The number of nitrogens with two attached hydrogens (primary N) is 3. The van der Waals surface area contributed by atoms with Crippen LogP contribution in [0.1, 0.15) is 17.5 Å². The van der Waals surface area contributed by atoms with Crippen molar-refractivity contribution in [1.82, 2.24) is 0 Å². The summed E-state index contributed by atoms with van der Waals surface area (Å²) in [6.07, 6.45) is 3.32. The fraction of sp³-hybridized carbons (Fsp3) is 0.231. The average molecular weight is 261 g/mol. The quantitative estimate of drug-likeness (QED) is 0.552. The van der Waals surface area contributed by atoms with Crippen LogP contribution in [0.4, 0.5) is 4.39 Å². The summed E-state index contributed by atoms with van der Waals surface area (Å²) in [4.78, 5) is 7.66. The van der Waals surface area contributed by atoms with Crippen molar-refractivity contribution < 1.29 is 4.39 Å². The Kier molecular flexibility index (Phi) is 3.79. The summed E-state index contributed by atoms with van der Waals surface area (Å²) in [7, 11) is 0. The zero-order chi connectivity index (χ0) is 13.8. The summed E-state index contributed by atoms with van der Waals surface area (Å²) < 4.78 is 13.5. The highest BCUT2D eigenvalue weighted by Gasteiger charge is 2.16. The van der Waals surface area contributed by atoms with E-state index in [1.165, 1.54) is 6.07 Å². The minimum Gasteiger partial charge on any atom is -0.370 e. The highest BCUT2D eigenvalue weighted by molar-refractivity contribution is 5.92. The van der Waals surface area contributed by atoms with Gasteiger partial charge in [0.2, 0.25) is 5.96 Å². The fourth-order valence-electron chi connectivity index (χ4n) is 2.10. The van der Waals surface area contributed by atoms with Crippen LogP contribution < -0.4 is 17.2 Å². The highest BCUT2D eigenvalue weighted by atomic mass is 19.1. The first-order valence-corrected chi connectivity index (χ1v) is 5.94. The molecule has 0 saturated heterocycles. The number of rotatable bonds is 3. The molecule has 0 atom stereocenters. The normalized spacial score (nSPS) is 13.9. The van der Waals surface area contributed by atoms with Crippen molar-refractivity contribution in [3.05, 3.63) is 41.2 Å². The Morgan fingerprint density at radius 1 is 1.26 bits per heavy atom. The van der Waals surface area contributed by atoms with E-state index < -0.39 is 0 Å². The first-order chi connectivity index (χ1) is 9.08. The van der Waals surface area contributed by atoms with Crippen molar-refractivity contribution in [3.8, 4) is 0 Å². The lowest BCUT2D eigenvalue weighted by Gasteiger charge is -2.05. The zero-order valence-corrected chi connectivity index (χ0v) is 10.4. The van der Waals surface area contributed by atoms with E-state index in [9.17, 15) is 4.39 Å². The number of halogens is 1. The number of fused-ring (bicyclic) bond motifs is 1. The molecule has 2 rings (SSSR count). The fourth-order valence-corrected chi connectivity index (χ4v) is 2.10. The molecule has 1 aliphatic carbocycles. The van der Waals surface area contributed by atoms with E-state index in [0.717, 1.165) is 16.7 Å². The third-order valence-corrected chi connectivity index (χ3v) is 2.92. The lowest BCUT2D eigenvalue weighted by Crippen LogP contribution is -2.26.